The summed E-state index contributed by atoms with van der Waals surface area (Å²) < 4.78 is 5.70. The van der Waals surface area contributed by atoms with E-state index in [1.165, 1.54) is 16.7 Å². The van der Waals surface area contributed by atoms with Gasteiger partial charge < -0.3 is 9.84 Å². The van der Waals surface area contributed by atoms with Gasteiger partial charge in [-0.2, -0.15) is 0 Å². The fraction of sp³-hybridized carbons (Fsp3) is 0.333. The zero-order chi connectivity index (χ0) is 19.4. The zero-order valence-corrected chi connectivity index (χ0v) is 16.2. The molecule has 1 saturated heterocycles. The molecule has 1 heterocycles. The Kier molecular flexibility index (Phi) is 5.87. The highest BCUT2D eigenvalue weighted by atomic mass is 32.2. The first-order chi connectivity index (χ1) is 12.9. The molecule has 142 valence electrons. The Labute approximate surface area is 163 Å². The Balaban J connectivity index is 1.83. The number of carbonyl (C=O) groups excluding carboxylic acids is 1. The van der Waals surface area contributed by atoms with Crippen LogP contribution in [0.3, 0.4) is 0 Å². The van der Waals surface area contributed by atoms with E-state index in [9.17, 15) is 14.7 Å². The molecule has 0 radical (unpaired) electrons. The van der Waals surface area contributed by atoms with Crippen LogP contribution in [-0.4, -0.2) is 39.6 Å². The fourth-order valence-electron chi connectivity index (χ4n) is 3.38. The highest BCUT2D eigenvalue weighted by molar-refractivity contribution is 8.14. The second-order valence-electron chi connectivity index (χ2n) is 6.97. The van der Waals surface area contributed by atoms with Gasteiger partial charge in [-0.3, -0.25) is 9.69 Å². The molecule has 2 atom stereocenters. The fourth-order valence-corrected chi connectivity index (χ4v) is 4.52. The standard InChI is InChI=1S/C21H23NO4S/c1-21(2)22(20(24)25)17(14-26-21)13-18(15-9-5-3-6-10-15)27-19(23)16-11-7-4-8-12-16/h3-12,17-18H,13-14H2,1-2H3,(H,24,25)/t17?,18-/m1/s1. The Morgan fingerprint density at radius 1 is 1.15 bits per heavy atom. The second kappa shape index (κ2) is 8.15. The van der Waals surface area contributed by atoms with Gasteiger partial charge in [0.25, 0.3) is 0 Å². The first-order valence-corrected chi connectivity index (χ1v) is 9.73. The first kappa shape index (κ1) is 19.5. The highest BCUT2D eigenvalue weighted by Crippen LogP contribution is 2.39. The molecule has 1 aliphatic rings. The van der Waals surface area contributed by atoms with Gasteiger partial charge in [-0.05, 0) is 25.8 Å². The summed E-state index contributed by atoms with van der Waals surface area (Å²) in [6.07, 6.45) is -0.503. The molecule has 1 fully saturated rings. The van der Waals surface area contributed by atoms with Gasteiger partial charge in [-0.25, -0.2) is 4.79 Å². The third-order valence-electron chi connectivity index (χ3n) is 4.70. The first-order valence-electron chi connectivity index (χ1n) is 8.85. The van der Waals surface area contributed by atoms with Crippen LogP contribution in [-0.2, 0) is 4.74 Å². The molecule has 0 aliphatic carbocycles. The predicted molar refractivity (Wildman–Crippen MR) is 106 cm³/mol. The van der Waals surface area contributed by atoms with Crippen LogP contribution in [0.4, 0.5) is 4.79 Å². The smallest absolute Gasteiger partial charge is 0.409 e. The average molecular weight is 385 g/mol. The van der Waals surface area contributed by atoms with Crippen molar-refractivity contribution in [1.82, 2.24) is 4.90 Å². The van der Waals surface area contributed by atoms with Crippen molar-refractivity contribution in [1.29, 1.82) is 0 Å². The summed E-state index contributed by atoms with van der Waals surface area (Å²) in [7, 11) is 0. The van der Waals surface area contributed by atoms with Crippen LogP contribution in [0.1, 0.15) is 41.4 Å². The van der Waals surface area contributed by atoms with Crippen LogP contribution in [0.25, 0.3) is 0 Å². The number of hydrogen-bond donors (Lipinski definition) is 1. The molecule has 1 unspecified atom stereocenters. The van der Waals surface area contributed by atoms with E-state index in [-0.39, 0.29) is 16.4 Å². The van der Waals surface area contributed by atoms with Crippen molar-refractivity contribution in [2.45, 2.75) is 37.3 Å². The summed E-state index contributed by atoms with van der Waals surface area (Å²) in [6.45, 7) is 3.82. The Morgan fingerprint density at radius 3 is 2.33 bits per heavy atom. The largest absolute Gasteiger partial charge is 0.465 e. The summed E-state index contributed by atoms with van der Waals surface area (Å²) in [5.74, 6) is 0. The minimum Gasteiger partial charge on any atom is -0.465 e. The van der Waals surface area contributed by atoms with Crippen LogP contribution in [0.2, 0.25) is 0 Å². The van der Waals surface area contributed by atoms with E-state index < -0.39 is 11.8 Å². The van der Waals surface area contributed by atoms with E-state index in [0.29, 0.717) is 18.6 Å². The second-order valence-corrected chi connectivity index (χ2v) is 8.15. The van der Waals surface area contributed by atoms with Crippen LogP contribution in [0.15, 0.2) is 60.7 Å². The summed E-state index contributed by atoms with van der Waals surface area (Å²) in [5, 5.41) is 9.45. The van der Waals surface area contributed by atoms with E-state index in [4.69, 9.17) is 4.74 Å². The Bertz CT molecular complexity index is 794. The summed E-state index contributed by atoms with van der Waals surface area (Å²) >= 11 is 1.24. The third-order valence-corrected chi connectivity index (χ3v) is 5.90. The van der Waals surface area contributed by atoms with Crippen LogP contribution < -0.4 is 0 Å². The molecule has 1 N–H and O–H groups in total. The molecular weight excluding hydrogens is 362 g/mol. The van der Waals surface area contributed by atoms with Gasteiger partial charge in [-0.15, -0.1) is 0 Å². The molecule has 1 aliphatic heterocycles. The van der Waals surface area contributed by atoms with Crippen molar-refractivity contribution < 1.29 is 19.4 Å². The number of carboxylic acid groups (broad SMARTS) is 1. The third kappa shape index (κ3) is 4.51. The molecule has 2 aromatic carbocycles. The zero-order valence-electron chi connectivity index (χ0n) is 15.4. The molecule has 1 amide bonds. The van der Waals surface area contributed by atoms with Gasteiger partial charge in [0.1, 0.15) is 5.72 Å². The Hall–Kier alpha value is -2.31. The van der Waals surface area contributed by atoms with E-state index in [1.54, 1.807) is 26.0 Å². The lowest BCUT2D eigenvalue weighted by Gasteiger charge is -2.32. The number of amides is 1. The maximum Gasteiger partial charge on any atom is 0.409 e. The molecule has 6 heteroatoms. The van der Waals surface area contributed by atoms with Crippen LogP contribution in [0.5, 0.6) is 0 Å². The Morgan fingerprint density at radius 2 is 1.74 bits per heavy atom. The van der Waals surface area contributed by atoms with Gasteiger partial charge in [0.15, 0.2) is 0 Å². The van der Waals surface area contributed by atoms with E-state index in [0.717, 1.165) is 5.56 Å². The van der Waals surface area contributed by atoms with Gasteiger partial charge in [0, 0.05) is 10.8 Å². The summed E-state index contributed by atoms with van der Waals surface area (Å²) in [4.78, 5) is 25.9. The number of ether oxygens (including phenoxy) is 1. The van der Waals surface area contributed by atoms with Crippen molar-refractivity contribution >= 4 is 23.0 Å². The van der Waals surface area contributed by atoms with Gasteiger partial charge in [-0.1, -0.05) is 72.4 Å². The lowest BCUT2D eigenvalue weighted by molar-refractivity contribution is -0.0421. The molecule has 5 nitrogen and oxygen atoms in total. The number of rotatable bonds is 5. The SMILES string of the molecule is CC1(C)OCC(C[C@@H](SC(=O)c2ccccc2)c2ccccc2)N1C(=O)O. The van der Waals surface area contributed by atoms with Crippen LogP contribution >= 0.6 is 11.8 Å². The summed E-state index contributed by atoms with van der Waals surface area (Å²) in [5.41, 5.74) is 0.773. The van der Waals surface area contributed by atoms with E-state index >= 15 is 0 Å². The van der Waals surface area contributed by atoms with Crippen molar-refractivity contribution in [2.24, 2.45) is 0 Å². The van der Waals surface area contributed by atoms with Crippen molar-refractivity contribution in [2.75, 3.05) is 6.61 Å². The molecule has 0 saturated carbocycles. The maximum absolute atomic E-state index is 12.7. The van der Waals surface area contributed by atoms with Gasteiger partial charge in [0.2, 0.25) is 5.12 Å². The number of nitrogens with zero attached hydrogens (tertiary/aromatic N) is 1. The lowest BCUT2D eigenvalue weighted by atomic mass is 10.0. The van der Waals surface area contributed by atoms with E-state index in [2.05, 4.69) is 0 Å². The van der Waals surface area contributed by atoms with E-state index in [1.807, 2.05) is 48.5 Å². The molecular formula is C21H23NO4S. The number of carbonyl (C=O) groups is 2. The maximum atomic E-state index is 12.7. The highest BCUT2D eigenvalue weighted by Gasteiger charge is 2.44. The summed E-state index contributed by atoms with van der Waals surface area (Å²) in [6, 6.07) is 18.6. The normalized spacial score (nSPS) is 19.6. The number of benzene rings is 2. The molecule has 0 bridgehead atoms. The topological polar surface area (TPSA) is 66.8 Å². The number of hydrogen-bond acceptors (Lipinski definition) is 4. The number of thioether (sulfide) groups is 1. The van der Waals surface area contributed by atoms with Crippen molar-refractivity contribution in [3.05, 3.63) is 71.8 Å². The molecule has 3 rings (SSSR count). The molecule has 0 spiro atoms. The predicted octanol–water partition coefficient (Wildman–Crippen LogP) is 4.81. The lowest BCUT2D eigenvalue weighted by Crippen LogP contribution is -2.47. The minimum atomic E-state index is -1.01. The van der Waals surface area contributed by atoms with Crippen molar-refractivity contribution in [3.8, 4) is 0 Å². The molecule has 2 aromatic rings. The average Bonchev–Trinajstić information content (AvgIpc) is 2.96. The minimum absolute atomic E-state index is 0.0236. The van der Waals surface area contributed by atoms with Gasteiger partial charge in [0.05, 0.1) is 12.6 Å². The van der Waals surface area contributed by atoms with Gasteiger partial charge >= 0.3 is 6.09 Å². The molecule has 0 aromatic heterocycles. The quantitative estimate of drug-likeness (QED) is 0.800. The molecule has 27 heavy (non-hydrogen) atoms. The monoisotopic (exact) mass is 385 g/mol. The van der Waals surface area contributed by atoms with Crippen molar-refractivity contribution in [3.63, 3.8) is 0 Å². The van der Waals surface area contributed by atoms with Crippen LogP contribution in [0, 0.1) is 0 Å².